The van der Waals surface area contributed by atoms with Crippen LogP contribution >= 0.6 is 15.9 Å². The Balaban J connectivity index is 1.99. The predicted octanol–water partition coefficient (Wildman–Crippen LogP) is 5.24. The van der Waals surface area contributed by atoms with Gasteiger partial charge in [0.15, 0.2) is 0 Å². The largest absolute Gasteiger partial charge is 0.411 e. The highest BCUT2D eigenvalue weighted by Crippen LogP contribution is 2.32. The molecule has 0 saturated heterocycles. The van der Waals surface area contributed by atoms with E-state index < -0.39 is 12.8 Å². The first-order valence-electron chi connectivity index (χ1n) is 6.23. The maximum absolute atomic E-state index is 12.0. The van der Waals surface area contributed by atoms with Crippen molar-refractivity contribution in [3.05, 3.63) is 48.0 Å². The number of fused-ring (bicyclic) bond motifs is 1. The Labute approximate surface area is 123 Å². The van der Waals surface area contributed by atoms with Crippen molar-refractivity contribution in [3.8, 4) is 0 Å². The van der Waals surface area contributed by atoms with Gasteiger partial charge in [-0.15, -0.1) is 0 Å². The summed E-state index contributed by atoms with van der Waals surface area (Å²) in [5.74, 6) is 0. The quantitative estimate of drug-likeness (QED) is 0.531. The lowest BCUT2D eigenvalue weighted by Crippen LogP contribution is -2.17. The van der Waals surface area contributed by atoms with Crippen LogP contribution in [0.25, 0.3) is 10.8 Å². The van der Waals surface area contributed by atoms with Crippen LogP contribution in [-0.4, -0.2) is 19.4 Å². The Kier molecular flexibility index (Phi) is 5.05. The van der Waals surface area contributed by atoms with Crippen molar-refractivity contribution in [1.82, 2.24) is 0 Å². The summed E-state index contributed by atoms with van der Waals surface area (Å²) in [5.41, 5.74) is 1.07. The molecule has 0 radical (unpaired) electrons. The summed E-state index contributed by atoms with van der Waals surface area (Å²) in [7, 11) is 0. The van der Waals surface area contributed by atoms with E-state index in [9.17, 15) is 13.2 Å². The zero-order chi connectivity index (χ0) is 14.6. The molecule has 2 aromatic carbocycles. The Bertz CT molecular complexity index is 563. The first-order valence-corrected chi connectivity index (χ1v) is 7.15. The van der Waals surface area contributed by atoms with Crippen molar-refractivity contribution in [2.75, 3.05) is 13.2 Å². The summed E-state index contributed by atoms with van der Waals surface area (Å²) in [6.07, 6.45) is -3.77. The lowest BCUT2D eigenvalue weighted by molar-refractivity contribution is -0.174. The Hall–Kier alpha value is -1.07. The van der Waals surface area contributed by atoms with Crippen LogP contribution in [0.2, 0.25) is 0 Å². The second-order valence-corrected chi connectivity index (χ2v) is 5.60. The number of ether oxygens (including phenoxy) is 1. The van der Waals surface area contributed by atoms with Crippen LogP contribution < -0.4 is 0 Å². The summed E-state index contributed by atoms with van der Waals surface area (Å²) in [4.78, 5) is -0.0261. The third-order valence-electron chi connectivity index (χ3n) is 2.94. The number of alkyl halides is 4. The third-order valence-corrected chi connectivity index (χ3v) is 3.89. The molecule has 2 rings (SSSR count). The molecule has 20 heavy (non-hydrogen) atoms. The normalized spacial score (nSPS) is 13.6. The molecular formula is C15H14BrF3O. The molecule has 0 fully saturated rings. The number of hydrogen-bond acceptors (Lipinski definition) is 1. The van der Waals surface area contributed by atoms with Gasteiger partial charge in [0.25, 0.3) is 0 Å². The maximum atomic E-state index is 12.0. The SMILES string of the molecule is FC(F)(F)COCCC(Br)c1cccc2ccccc12. The molecule has 0 aliphatic heterocycles. The highest BCUT2D eigenvalue weighted by molar-refractivity contribution is 9.09. The molecule has 108 valence electrons. The molecule has 0 aromatic heterocycles. The average Bonchev–Trinajstić information content (AvgIpc) is 2.41. The summed E-state index contributed by atoms with van der Waals surface area (Å²) in [5, 5.41) is 2.22. The van der Waals surface area contributed by atoms with Crippen molar-refractivity contribution in [1.29, 1.82) is 0 Å². The number of benzene rings is 2. The van der Waals surface area contributed by atoms with Crippen LogP contribution in [0.3, 0.4) is 0 Å². The minimum absolute atomic E-state index is 0.0261. The minimum Gasteiger partial charge on any atom is -0.372 e. The molecular weight excluding hydrogens is 333 g/mol. The van der Waals surface area contributed by atoms with Gasteiger partial charge in [0.05, 0.1) is 0 Å². The summed E-state index contributed by atoms with van der Waals surface area (Å²) in [6, 6.07) is 13.9. The molecule has 0 amide bonds. The molecule has 0 aliphatic carbocycles. The highest BCUT2D eigenvalue weighted by atomic mass is 79.9. The van der Waals surface area contributed by atoms with E-state index in [1.54, 1.807) is 0 Å². The van der Waals surface area contributed by atoms with E-state index in [-0.39, 0.29) is 11.4 Å². The smallest absolute Gasteiger partial charge is 0.372 e. The first-order chi connectivity index (χ1) is 9.47. The molecule has 0 aliphatic rings. The fourth-order valence-electron chi connectivity index (χ4n) is 2.05. The number of rotatable bonds is 5. The summed E-state index contributed by atoms with van der Waals surface area (Å²) < 4.78 is 40.6. The van der Waals surface area contributed by atoms with Gasteiger partial charge in [-0.1, -0.05) is 58.4 Å². The maximum Gasteiger partial charge on any atom is 0.411 e. The molecule has 0 spiro atoms. The van der Waals surface area contributed by atoms with Crippen molar-refractivity contribution >= 4 is 26.7 Å². The van der Waals surface area contributed by atoms with E-state index in [1.165, 1.54) is 0 Å². The Morgan fingerprint density at radius 2 is 1.75 bits per heavy atom. The van der Waals surface area contributed by atoms with Gasteiger partial charge in [-0.05, 0) is 22.8 Å². The van der Waals surface area contributed by atoms with Gasteiger partial charge in [0.2, 0.25) is 0 Å². The Morgan fingerprint density at radius 1 is 1.05 bits per heavy atom. The monoisotopic (exact) mass is 346 g/mol. The zero-order valence-electron chi connectivity index (χ0n) is 10.7. The minimum atomic E-state index is -4.26. The second kappa shape index (κ2) is 6.59. The standard InChI is InChI=1S/C15H14BrF3O/c16-14(8-9-20-10-15(17,18)19)13-7-3-5-11-4-1-2-6-12(11)13/h1-7,14H,8-10H2. The van der Waals surface area contributed by atoms with Gasteiger partial charge in [0, 0.05) is 11.4 Å². The fraction of sp³-hybridized carbons (Fsp3) is 0.333. The van der Waals surface area contributed by atoms with E-state index in [0.717, 1.165) is 16.3 Å². The molecule has 0 bridgehead atoms. The Morgan fingerprint density at radius 3 is 2.50 bits per heavy atom. The molecule has 0 N–H and O–H groups in total. The van der Waals surface area contributed by atoms with Crippen LogP contribution in [0.4, 0.5) is 13.2 Å². The van der Waals surface area contributed by atoms with Crippen molar-refractivity contribution in [2.45, 2.75) is 17.4 Å². The van der Waals surface area contributed by atoms with Gasteiger partial charge in [0.1, 0.15) is 6.61 Å². The number of hydrogen-bond donors (Lipinski definition) is 0. The van der Waals surface area contributed by atoms with Gasteiger partial charge >= 0.3 is 6.18 Å². The molecule has 0 saturated carbocycles. The highest BCUT2D eigenvalue weighted by Gasteiger charge is 2.27. The van der Waals surface area contributed by atoms with Crippen LogP contribution in [0, 0.1) is 0 Å². The van der Waals surface area contributed by atoms with Gasteiger partial charge in [-0.25, -0.2) is 0 Å². The van der Waals surface area contributed by atoms with Crippen molar-refractivity contribution < 1.29 is 17.9 Å². The molecule has 1 nitrogen and oxygen atoms in total. The molecule has 1 unspecified atom stereocenters. The lowest BCUT2D eigenvalue weighted by atomic mass is 10.0. The predicted molar refractivity (Wildman–Crippen MR) is 77.1 cm³/mol. The van der Waals surface area contributed by atoms with E-state index in [4.69, 9.17) is 0 Å². The number of halogens is 4. The summed E-state index contributed by atoms with van der Waals surface area (Å²) in [6.45, 7) is -1.12. The second-order valence-electron chi connectivity index (χ2n) is 4.49. The van der Waals surface area contributed by atoms with Gasteiger partial charge < -0.3 is 4.74 Å². The lowest BCUT2D eigenvalue weighted by Gasteiger charge is -2.14. The van der Waals surface area contributed by atoms with Crippen molar-refractivity contribution in [3.63, 3.8) is 0 Å². The van der Waals surface area contributed by atoms with Crippen molar-refractivity contribution in [2.24, 2.45) is 0 Å². The van der Waals surface area contributed by atoms with E-state index in [1.807, 2.05) is 42.5 Å². The van der Waals surface area contributed by atoms with Gasteiger partial charge in [-0.3, -0.25) is 0 Å². The molecule has 2 aromatic rings. The molecule has 5 heteroatoms. The van der Waals surface area contributed by atoms with Gasteiger partial charge in [-0.2, -0.15) is 13.2 Å². The van der Waals surface area contributed by atoms with Crippen LogP contribution in [0.15, 0.2) is 42.5 Å². The first kappa shape index (κ1) is 15.3. The van der Waals surface area contributed by atoms with E-state index in [0.29, 0.717) is 6.42 Å². The molecule has 0 heterocycles. The van der Waals surface area contributed by atoms with E-state index >= 15 is 0 Å². The average molecular weight is 347 g/mol. The van der Waals surface area contributed by atoms with E-state index in [2.05, 4.69) is 20.7 Å². The van der Waals surface area contributed by atoms with Crippen LogP contribution in [-0.2, 0) is 4.74 Å². The third kappa shape index (κ3) is 4.21. The topological polar surface area (TPSA) is 9.23 Å². The fourth-order valence-corrected chi connectivity index (χ4v) is 2.64. The van der Waals surface area contributed by atoms with Crippen LogP contribution in [0.5, 0.6) is 0 Å². The van der Waals surface area contributed by atoms with Crippen LogP contribution in [0.1, 0.15) is 16.8 Å². The zero-order valence-corrected chi connectivity index (χ0v) is 12.2. The summed E-state index contributed by atoms with van der Waals surface area (Å²) >= 11 is 3.53. The molecule has 1 atom stereocenters.